The van der Waals surface area contributed by atoms with Gasteiger partial charge in [-0.05, 0) is 31.5 Å². The summed E-state index contributed by atoms with van der Waals surface area (Å²) in [5, 5.41) is 2.79. The van der Waals surface area contributed by atoms with Crippen molar-refractivity contribution in [1.29, 1.82) is 0 Å². The molecule has 1 aromatic carbocycles. The lowest BCUT2D eigenvalue weighted by atomic mass is 10.0. The number of alkyl halides is 3. The van der Waals surface area contributed by atoms with E-state index in [1.807, 2.05) is 0 Å². The molecule has 3 aromatic rings. The number of fused-ring (bicyclic) bond motifs is 1. The number of hydrogen-bond donors (Lipinski definition) is 1. The Morgan fingerprint density at radius 2 is 1.92 bits per heavy atom. The van der Waals surface area contributed by atoms with Crippen LogP contribution in [0.25, 0.3) is 16.8 Å². The zero-order chi connectivity index (χ0) is 19.1. The highest BCUT2D eigenvalue weighted by Gasteiger charge is 2.30. The third kappa shape index (κ3) is 2.96. The minimum absolute atomic E-state index is 0.113. The van der Waals surface area contributed by atoms with Crippen LogP contribution < -0.4 is 5.56 Å². The summed E-state index contributed by atoms with van der Waals surface area (Å²) < 4.78 is 44.1. The van der Waals surface area contributed by atoms with E-state index in [9.17, 15) is 22.8 Å². The molecule has 0 radical (unpaired) electrons. The van der Waals surface area contributed by atoms with E-state index in [0.717, 1.165) is 22.8 Å². The van der Waals surface area contributed by atoms with Gasteiger partial charge < -0.3 is 4.74 Å². The van der Waals surface area contributed by atoms with Crippen LogP contribution in [0.3, 0.4) is 0 Å². The minimum Gasteiger partial charge on any atom is -0.462 e. The first-order valence-electron chi connectivity index (χ1n) is 7.69. The minimum atomic E-state index is -4.43. The van der Waals surface area contributed by atoms with Crippen LogP contribution in [0.15, 0.2) is 35.3 Å². The smallest absolute Gasteiger partial charge is 0.416 e. The molecule has 0 fully saturated rings. The number of nitrogens with one attached hydrogen (secondary N) is 1. The van der Waals surface area contributed by atoms with Gasteiger partial charge in [-0.15, -0.1) is 0 Å². The van der Waals surface area contributed by atoms with Crippen molar-refractivity contribution in [3.8, 4) is 11.1 Å². The number of halogens is 3. The summed E-state index contributed by atoms with van der Waals surface area (Å²) in [4.78, 5) is 28.4. The Morgan fingerprint density at radius 1 is 1.27 bits per heavy atom. The number of ether oxygens (including phenoxy) is 1. The fourth-order valence-corrected chi connectivity index (χ4v) is 2.65. The van der Waals surface area contributed by atoms with E-state index < -0.39 is 23.3 Å². The molecule has 0 atom stereocenters. The fraction of sp³-hybridized carbons (Fsp3) is 0.235. The summed E-state index contributed by atoms with van der Waals surface area (Å²) in [6, 6.07) is 4.54. The molecule has 0 unspecified atom stereocenters. The molecule has 6 nitrogen and oxygen atoms in total. The highest BCUT2D eigenvalue weighted by Crippen LogP contribution is 2.32. The predicted octanol–water partition coefficient (Wildman–Crippen LogP) is 3.19. The molecular formula is C17H14F3N3O3. The molecule has 0 bridgehead atoms. The maximum absolute atomic E-state index is 12.7. The van der Waals surface area contributed by atoms with Crippen molar-refractivity contribution >= 4 is 11.6 Å². The lowest BCUT2D eigenvalue weighted by molar-refractivity contribution is -0.137. The Kier molecular flexibility index (Phi) is 4.31. The zero-order valence-corrected chi connectivity index (χ0v) is 13.8. The van der Waals surface area contributed by atoms with Crippen LogP contribution >= 0.6 is 0 Å². The van der Waals surface area contributed by atoms with Crippen LogP contribution in [0.4, 0.5) is 13.2 Å². The van der Waals surface area contributed by atoms with Crippen molar-refractivity contribution in [2.75, 3.05) is 6.61 Å². The topological polar surface area (TPSA) is 76.5 Å². The van der Waals surface area contributed by atoms with Gasteiger partial charge in [0.05, 0.1) is 12.2 Å². The number of hydrogen-bond acceptors (Lipinski definition) is 4. The van der Waals surface area contributed by atoms with Crippen molar-refractivity contribution in [2.45, 2.75) is 20.0 Å². The van der Waals surface area contributed by atoms with E-state index >= 15 is 0 Å². The number of esters is 1. The summed E-state index contributed by atoms with van der Waals surface area (Å²) in [5.74, 6) is -0.789. The van der Waals surface area contributed by atoms with Crippen LogP contribution in [0.5, 0.6) is 0 Å². The van der Waals surface area contributed by atoms with Gasteiger partial charge in [-0.2, -0.15) is 13.2 Å². The standard InChI is InChI=1S/C17H14F3N3O3/c1-3-26-16(25)12-8-21-14-13(9(2)22-23(14)15(12)24)10-4-6-11(7-5-10)17(18,19)20/h4-8,22H,3H2,1-2H3. The van der Waals surface area contributed by atoms with Crippen LogP contribution in [0.2, 0.25) is 0 Å². The zero-order valence-electron chi connectivity index (χ0n) is 13.8. The Balaban J connectivity index is 2.13. The number of rotatable bonds is 3. The van der Waals surface area contributed by atoms with Crippen molar-refractivity contribution in [2.24, 2.45) is 0 Å². The second-order valence-corrected chi connectivity index (χ2v) is 5.54. The molecule has 0 saturated heterocycles. The largest absolute Gasteiger partial charge is 0.462 e. The van der Waals surface area contributed by atoms with Crippen molar-refractivity contribution in [3.63, 3.8) is 0 Å². The van der Waals surface area contributed by atoms with Crippen LogP contribution in [0.1, 0.15) is 28.5 Å². The normalized spacial score (nSPS) is 11.7. The Labute approximate surface area is 145 Å². The molecule has 26 heavy (non-hydrogen) atoms. The number of aryl methyl sites for hydroxylation is 1. The number of aromatic amines is 1. The average Bonchev–Trinajstić information content (AvgIpc) is 2.92. The highest BCUT2D eigenvalue weighted by atomic mass is 19.4. The Hall–Kier alpha value is -3.10. The number of H-pyrrole nitrogens is 1. The molecule has 0 spiro atoms. The van der Waals surface area contributed by atoms with Gasteiger partial charge >= 0.3 is 12.1 Å². The van der Waals surface area contributed by atoms with Crippen LogP contribution in [-0.2, 0) is 10.9 Å². The molecule has 9 heteroatoms. The summed E-state index contributed by atoms with van der Waals surface area (Å²) in [7, 11) is 0. The molecule has 3 rings (SSSR count). The number of benzene rings is 1. The van der Waals surface area contributed by atoms with Gasteiger partial charge in [0, 0.05) is 17.5 Å². The second-order valence-electron chi connectivity index (χ2n) is 5.54. The van der Waals surface area contributed by atoms with Crippen molar-refractivity contribution in [3.05, 3.63) is 57.6 Å². The summed E-state index contributed by atoms with van der Waals surface area (Å²) in [6.45, 7) is 3.38. The number of carbonyl (C=O) groups excluding carboxylic acids is 1. The highest BCUT2D eigenvalue weighted by molar-refractivity contribution is 5.89. The molecule has 0 saturated carbocycles. The van der Waals surface area contributed by atoms with Gasteiger partial charge in [0.15, 0.2) is 5.65 Å². The Morgan fingerprint density at radius 3 is 2.50 bits per heavy atom. The molecule has 0 aliphatic heterocycles. The van der Waals surface area contributed by atoms with E-state index in [-0.39, 0.29) is 17.8 Å². The molecule has 2 heterocycles. The summed E-state index contributed by atoms with van der Waals surface area (Å²) in [5.41, 5.74) is 0.0275. The quantitative estimate of drug-likeness (QED) is 0.723. The monoisotopic (exact) mass is 365 g/mol. The average molecular weight is 365 g/mol. The van der Waals surface area contributed by atoms with Gasteiger partial charge in [0.1, 0.15) is 5.56 Å². The SMILES string of the molecule is CCOC(=O)c1cnc2c(-c3ccc(C(F)(F)F)cc3)c(C)[nH]n2c1=O. The number of carbonyl (C=O) groups is 1. The lowest BCUT2D eigenvalue weighted by Gasteiger charge is -2.07. The fourth-order valence-electron chi connectivity index (χ4n) is 2.65. The molecule has 0 amide bonds. The van der Waals surface area contributed by atoms with Gasteiger partial charge in [-0.25, -0.2) is 14.3 Å². The van der Waals surface area contributed by atoms with Crippen LogP contribution in [0, 0.1) is 6.92 Å². The maximum atomic E-state index is 12.7. The van der Waals surface area contributed by atoms with Gasteiger partial charge in [0.25, 0.3) is 5.56 Å². The first-order chi connectivity index (χ1) is 12.2. The van der Waals surface area contributed by atoms with E-state index in [2.05, 4.69) is 10.1 Å². The maximum Gasteiger partial charge on any atom is 0.416 e. The molecular weight excluding hydrogens is 351 g/mol. The second kappa shape index (κ2) is 6.32. The van der Waals surface area contributed by atoms with E-state index in [4.69, 9.17) is 4.74 Å². The van der Waals surface area contributed by atoms with E-state index in [1.165, 1.54) is 12.1 Å². The van der Waals surface area contributed by atoms with Gasteiger partial charge in [-0.3, -0.25) is 9.89 Å². The Bertz CT molecular complexity index is 1030. The summed E-state index contributed by atoms with van der Waals surface area (Å²) in [6.07, 6.45) is -3.33. The third-order valence-corrected chi connectivity index (χ3v) is 3.84. The van der Waals surface area contributed by atoms with Crippen molar-refractivity contribution < 1.29 is 22.7 Å². The van der Waals surface area contributed by atoms with Crippen molar-refractivity contribution in [1.82, 2.24) is 14.6 Å². The first kappa shape index (κ1) is 17.7. The molecule has 0 aliphatic rings. The predicted molar refractivity (Wildman–Crippen MR) is 86.9 cm³/mol. The number of aromatic nitrogens is 3. The van der Waals surface area contributed by atoms with E-state index in [0.29, 0.717) is 16.8 Å². The molecule has 0 aliphatic carbocycles. The van der Waals surface area contributed by atoms with Gasteiger partial charge in [-0.1, -0.05) is 12.1 Å². The van der Waals surface area contributed by atoms with Gasteiger partial charge in [0.2, 0.25) is 0 Å². The van der Waals surface area contributed by atoms with E-state index in [1.54, 1.807) is 13.8 Å². The van der Waals surface area contributed by atoms with Crippen LogP contribution in [-0.4, -0.2) is 27.2 Å². The first-order valence-corrected chi connectivity index (χ1v) is 7.69. The lowest BCUT2D eigenvalue weighted by Crippen LogP contribution is -2.24. The molecule has 136 valence electrons. The molecule has 2 aromatic heterocycles. The summed E-state index contributed by atoms with van der Waals surface area (Å²) >= 11 is 0. The number of nitrogens with zero attached hydrogens (tertiary/aromatic N) is 2. The third-order valence-electron chi connectivity index (χ3n) is 3.84. The molecule has 1 N–H and O–H groups in total.